The molecule has 0 fully saturated rings. The first-order chi connectivity index (χ1) is 18.5. The first-order valence-electron chi connectivity index (χ1n) is 11.3. The highest BCUT2D eigenvalue weighted by molar-refractivity contribution is 6.05. The van der Waals surface area contributed by atoms with E-state index in [4.69, 9.17) is 10.5 Å². The van der Waals surface area contributed by atoms with Gasteiger partial charge in [0.05, 0.1) is 17.4 Å². The lowest BCUT2D eigenvalue weighted by Crippen LogP contribution is -2.30. The van der Waals surface area contributed by atoms with Crippen LogP contribution in [0, 0.1) is 5.82 Å². The van der Waals surface area contributed by atoms with Gasteiger partial charge >= 0.3 is 12.3 Å². The zero-order valence-corrected chi connectivity index (χ0v) is 20.1. The standard InChI is InChI=1S/C25H20F4N6O4/c1-2-34(24(37)38)20-19(10-11-31-22(20)30)39-18-9-8-14(12-17(18)26)33-23(36)16-13-32-35(21(16)25(27,28)29)15-6-4-3-5-7-15/h3-13H,2H2,1H3,(H2,30,31)(H,33,36)(H,37,38). The van der Waals surface area contributed by atoms with Crippen molar-refractivity contribution in [2.45, 2.75) is 13.1 Å². The van der Waals surface area contributed by atoms with Crippen molar-refractivity contribution in [3.8, 4) is 17.2 Å². The van der Waals surface area contributed by atoms with Crippen LogP contribution in [0.25, 0.3) is 5.69 Å². The lowest BCUT2D eigenvalue weighted by atomic mass is 10.2. The van der Waals surface area contributed by atoms with E-state index < -0.39 is 35.3 Å². The molecule has 0 aliphatic carbocycles. The van der Waals surface area contributed by atoms with Gasteiger partial charge in [0.25, 0.3) is 5.91 Å². The molecule has 4 rings (SSSR count). The number of nitrogens with one attached hydrogen (secondary N) is 1. The molecule has 4 N–H and O–H groups in total. The van der Waals surface area contributed by atoms with Crippen molar-refractivity contribution in [2.24, 2.45) is 0 Å². The Kier molecular flexibility index (Phi) is 7.38. The molecular formula is C25H20F4N6O4. The van der Waals surface area contributed by atoms with E-state index in [1.807, 2.05) is 0 Å². The molecule has 10 nitrogen and oxygen atoms in total. The summed E-state index contributed by atoms with van der Waals surface area (Å²) in [5.74, 6) is -2.80. The quantitative estimate of drug-likeness (QED) is 0.259. The molecule has 0 spiro atoms. The molecule has 2 amide bonds. The van der Waals surface area contributed by atoms with Crippen molar-refractivity contribution in [3.05, 3.63) is 84.1 Å². The van der Waals surface area contributed by atoms with Gasteiger partial charge in [-0.2, -0.15) is 18.3 Å². The summed E-state index contributed by atoms with van der Waals surface area (Å²) in [6.45, 7) is 1.55. The number of hydrogen-bond acceptors (Lipinski definition) is 6. The molecule has 0 aliphatic rings. The van der Waals surface area contributed by atoms with Crippen LogP contribution in [0.3, 0.4) is 0 Å². The number of amides is 2. The summed E-state index contributed by atoms with van der Waals surface area (Å²) in [6.07, 6.45) is -4.25. The van der Waals surface area contributed by atoms with E-state index in [1.165, 1.54) is 42.6 Å². The van der Waals surface area contributed by atoms with Gasteiger partial charge in [0, 0.05) is 30.6 Å². The van der Waals surface area contributed by atoms with Gasteiger partial charge in [-0.1, -0.05) is 18.2 Å². The van der Waals surface area contributed by atoms with Gasteiger partial charge in [0.1, 0.15) is 5.69 Å². The molecule has 0 bridgehead atoms. The topological polar surface area (TPSA) is 136 Å². The highest BCUT2D eigenvalue weighted by atomic mass is 19.4. The molecule has 0 radical (unpaired) electrons. The lowest BCUT2D eigenvalue weighted by Gasteiger charge is -2.21. The van der Waals surface area contributed by atoms with Crippen molar-refractivity contribution in [1.29, 1.82) is 0 Å². The highest BCUT2D eigenvalue weighted by Crippen LogP contribution is 2.38. The predicted octanol–water partition coefficient (Wildman–Crippen LogP) is 5.56. The van der Waals surface area contributed by atoms with E-state index in [0.29, 0.717) is 4.68 Å². The van der Waals surface area contributed by atoms with Gasteiger partial charge in [-0.05, 0) is 31.2 Å². The Morgan fingerprint density at radius 1 is 1.13 bits per heavy atom. The number of halogens is 4. The zero-order valence-electron chi connectivity index (χ0n) is 20.1. The Morgan fingerprint density at radius 2 is 1.85 bits per heavy atom. The molecular weight excluding hydrogens is 524 g/mol. The van der Waals surface area contributed by atoms with Crippen LogP contribution in [0.5, 0.6) is 11.5 Å². The second-order valence-electron chi connectivity index (χ2n) is 7.92. The Hall–Kier alpha value is -5.14. The number of benzene rings is 2. The maximum absolute atomic E-state index is 14.9. The van der Waals surface area contributed by atoms with Gasteiger partial charge in [-0.25, -0.2) is 18.9 Å². The fourth-order valence-corrected chi connectivity index (χ4v) is 3.72. The van der Waals surface area contributed by atoms with E-state index in [-0.39, 0.29) is 40.9 Å². The number of pyridine rings is 1. The smallest absolute Gasteiger partial charge is 0.434 e. The molecule has 4 aromatic rings. The fraction of sp³-hybridized carbons (Fsp3) is 0.120. The Morgan fingerprint density at radius 3 is 2.46 bits per heavy atom. The molecule has 0 aliphatic heterocycles. The van der Waals surface area contributed by atoms with E-state index in [1.54, 1.807) is 13.0 Å². The number of nitrogens with two attached hydrogens (primary N) is 1. The van der Waals surface area contributed by atoms with Gasteiger partial charge < -0.3 is 20.9 Å². The number of anilines is 3. The minimum atomic E-state index is -4.92. The molecule has 0 saturated carbocycles. The zero-order chi connectivity index (χ0) is 28.3. The summed E-state index contributed by atoms with van der Waals surface area (Å²) in [5, 5.41) is 15.4. The number of nitrogen functional groups attached to an aromatic ring is 1. The number of para-hydroxylation sites is 1. The van der Waals surface area contributed by atoms with Crippen molar-refractivity contribution < 1.29 is 37.0 Å². The van der Waals surface area contributed by atoms with Crippen LogP contribution < -0.4 is 20.7 Å². The Labute approximate surface area is 218 Å². The normalized spacial score (nSPS) is 11.2. The summed E-state index contributed by atoms with van der Waals surface area (Å²) >= 11 is 0. The third kappa shape index (κ3) is 5.58. The van der Waals surface area contributed by atoms with Crippen molar-refractivity contribution >= 4 is 29.2 Å². The SMILES string of the molecule is CCN(C(=O)O)c1c(Oc2ccc(NC(=O)c3cnn(-c4ccccc4)c3C(F)(F)F)cc2F)ccnc1N. The Bertz CT molecular complexity index is 1520. The van der Waals surface area contributed by atoms with Crippen LogP contribution in [0.4, 0.5) is 39.5 Å². The minimum absolute atomic E-state index is 0.00416. The van der Waals surface area contributed by atoms with Crippen molar-refractivity contribution in [1.82, 2.24) is 14.8 Å². The number of carbonyl (C=O) groups excluding carboxylic acids is 1. The summed E-state index contributed by atoms with van der Waals surface area (Å²) in [5.41, 5.74) is 3.59. The fourth-order valence-electron chi connectivity index (χ4n) is 3.72. The van der Waals surface area contributed by atoms with Crippen LogP contribution in [-0.4, -0.2) is 38.4 Å². The predicted molar refractivity (Wildman–Crippen MR) is 133 cm³/mol. The van der Waals surface area contributed by atoms with Crippen LogP contribution in [-0.2, 0) is 6.18 Å². The number of aromatic nitrogens is 3. The van der Waals surface area contributed by atoms with Crippen LogP contribution in [0.2, 0.25) is 0 Å². The van der Waals surface area contributed by atoms with Gasteiger partial charge in [0.15, 0.2) is 28.8 Å². The van der Waals surface area contributed by atoms with Crippen LogP contribution in [0.15, 0.2) is 67.0 Å². The molecule has 14 heteroatoms. The lowest BCUT2D eigenvalue weighted by molar-refractivity contribution is -0.143. The van der Waals surface area contributed by atoms with Crippen LogP contribution >= 0.6 is 0 Å². The van der Waals surface area contributed by atoms with E-state index in [0.717, 1.165) is 23.2 Å². The van der Waals surface area contributed by atoms with E-state index in [9.17, 15) is 32.3 Å². The van der Waals surface area contributed by atoms with Crippen molar-refractivity contribution in [3.63, 3.8) is 0 Å². The van der Waals surface area contributed by atoms with Gasteiger partial charge in [0.2, 0.25) is 0 Å². The summed E-state index contributed by atoms with van der Waals surface area (Å²) in [7, 11) is 0. The second kappa shape index (κ2) is 10.7. The maximum Gasteiger partial charge on any atom is 0.434 e. The molecule has 39 heavy (non-hydrogen) atoms. The molecule has 2 aromatic carbocycles. The number of ether oxygens (including phenoxy) is 1. The van der Waals surface area contributed by atoms with E-state index >= 15 is 0 Å². The number of carbonyl (C=O) groups is 2. The summed E-state index contributed by atoms with van der Waals surface area (Å²) in [6, 6.07) is 11.9. The molecule has 0 atom stereocenters. The average molecular weight is 544 g/mol. The number of nitrogens with zero attached hydrogens (tertiary/aromatic N) is 4. The number of rotatable bonds is 7. The maximum atomic E-state index is 14.9. The first kappa shape index (κ1) is 26.9. The van der Waals surface area contributed by atoms with Crippen molar-refractivity contribution in [2.75, 3.05) is 22.5 Å². The largest absolute Gasteiger partial charge is 0.465 e. The number of carboxylic acid groups (broad SMARTS) is 1. The molecule has 0 saturated heterocycles. The average Bonchev–Trinajstić information content (AvgIpc) is 3.34. The molecule has 0 unspecified atom stereocenters. The molecule has 2 heterocycles. The minimum Gasteiger partial charge on any atom is -0.465 e. The number of hydrogen-bond donors (Lipinski definition) is 3. The van der Waals surface area contributed by atoms with Gasteiger partial charge in [-0.3, -0.25) is 9.69 Å². The second-order valence-corrected chi connectivity index (χ2v) is 7.92. The first-order valence-corrected chi connectivity index (χ1v) is 11.3. The van der Waals surface area contributed by atoms with Gasteiger partial charge in [-0.15, -0.1) is 0 Å². The third-order valence-electron chi connectivity index (χ3n) is 5.43. The van der Waals surface area contributed by atoms with E-state index in [2.05, 4.69) is 15.4 Å². The highest BCUT2D eigenvalue weighted by Gasteiger charge is 2.40. The Balaban J connectivity index is 1.60. The molecule has 202 valence electrons. The number of alkyl halides is 3. The monoisotopic (exact) mass is 544 g/mol. The third-order valence-corrected chi connectivity index (χ3v) is 5.43. The van der Waals surface area contributed by atoms with Crippen LogP contribution in [0.1, 0.15) is 23.0 Å². The molecule has 2 aromatic heterocycles. The summed E-state index contributed by atoms with van der Waals surface area (Å²) < 4.78 is 62.7. The summed E-state index contributed by atoms with van der Waals surface area (Å²) in [4.78, 5) is 29.1.